The van der Waals surface area contributed by atoms with Crippen molar-refractivity contribution in [2.45, 2.75) is 13.1 Å². The third kappa shape index (κ3) is 6.80. The van der Waals surface area contributed by atoms with Gasteiger partial charge in [0.1, 0.15) is 0 Å². The van der Waals surface area contributed by atoms with Crippen LogP contribution in [-0.4, -0.2) is 58.3 Å². The van der Waals surface area contributed by atoms with Gasteiger partial charge in [0.15, 0.2) is 0 Å². The molecule has 5 aromatic rings. The molecule has 0 saturated carbocycles. The van der Waals surface area contributed by atoms with Crippen LogP contribution in [0.5, 0.6) is 0 Å². The van der Waals surface area contributed by atoms with E-state index < -0.39 is 0 Å². The highest BCUT2D eigenvalue weighted by Gasteiger charge is 2.23. The molecule has 10 heteroatoms. The average Bonchev–Trinajstić information content (AvgIpc) is 3.52. The maximum atomic E-state index is 12.7. The number of aryl methyl sites for hydroxylation is 1. The number of benzene rings is 3. The zero-order valence-electron chi connectivity index (χ0n) is 23.9. The largest absolute Gasteiger partial charge is 0.354 e. The van der Waals surface area contributed by atoms with Crippen molar-refractivity contribution < 1.29 is 9.59 Å². The third-order valence-corrected chi connectivity index (χ3v) is 6.75. The van der Waals surface area contributed by atoms with E-state index >= 15 is 0 Å². The fourth-order valence-corrected chi connectivity index (χ4v) is 4.93. The fraction of sp³-hybridized carbons (Fsp3) is 0.188. The molecule has 1 aliphatic heterocycles. The number of rotatable bonds is 8. The van der Waals surface area contributed by atoms with Gasteiger partial charge >= 0.3 is 0 Å². The van der Waals surface area contributed by atoms with Crippen molar-refractivity contribution in [1.29, 1.82) is 0 Å². The number of nitrogens with zero attached hydrogens (tertiary/aromatic N) is 4. The third-order valence-electron chi connectivity index (χ3n) is 6.75. The Labute approximate surface area is 244 Å². The fourth-order valence-electron chi connectivity index (χ4n) is 4.93. The Morgan fingerprint density at radius 3 is 2.40 bits per heavy atom. The molecule has 1 aliphatic rings. The molecule has 6 rings (SSSR count). The lowest BCUT2D eigenvalue weighted by atomic mass is 10.0. The molecule has 0 atom stereocenters. The standard InChI is InChI=1S/C24H23N7O2.C8H11N/c1-30(12-15-6-4-3-5-7-15)14-21(32)27-17-8-18-22-19(11-25-29-24(18)33)23(28-20(22)9-17)16-10-26-31(2)13-16;1-9-7-8-5-3-2-4-6-8/h3-11,13,28H,12,14H2,1-2H3,(H,27,32)(H,29,33);2-6,9H,7H2,1H3. The first-order valence-electron chi connectivity index (χ1n) is 13.6. The van der Waals surface area contributed by atoms with Crippen molar-refractivity contribution >= 4 is 34.6 Å². The van der Waals surface area contributed by atoms with Crippen LogP contribution in [0.3, 0.4) is 0 Å². The minimum absolute atomic E-state index is 0.162. The summed E-state index contributed by atoms with van der Waals surface area (Å²) < 4.78 is 1.71. The summed E-state index contributed by atoms with van der Waals surface area (Å²) in [6, 6.07) is 23.8. The van der Waals surface area contributed by atoms with E-state index in [1.165, 1.54) is 5.56 Å². The molecule has 0 spiro atoms. The highest BCUT2D eigenvalue weighted by Crippen LogP contribution is 2.34. The topological polar surface area (TPSA) is 119 Å². The summed E-state index contributed by atoms with van der Waals surface area (Å²) in [6.45, 7) is 1.84. The quantitative estimate of drug-likeness (QED) is 0.227. The molecule has 214 valence electrons. The molecule has 3 heterocycles. The van der Waals surface area contributed by atoms with Crippen molar-refractivity contribution in [3.63, 3.8) is 0 Å². The molecule has 0 radical (unpaired) electrons. The van der Waals surface area contributed by atoms with E-state index in [0.717, 1.165) is 39.8 Å². The maximum Gasteiger partial charge on any atom is 0.272 e. The number of aromatic nitrogens is 3. The van der Waals surface area contributed by atoms with Crippen molar-refractivity contribution in [1.82, 2.24) is 30.4 Å². The smallest absolute Gasteiger partial charge is 0.272 e. The Balaban J connectivity index is 0.000000336. The lowest BCUT2D eigenvalue weighted by Crippen LogP contribution is -2.30. The molecule has 3 aromatic carbocycles. The van der Waals surface area contributed by atoms with Crippen molar-refractivity contribution in [3.05, 3.63) is 107 Å². The number of hydrogen-bond donors (Lipinski definition) is 4. The molecular weight excluding hydrogens is 528 g/mol. The second-order valence-electron chi connectivity index (χ2n) is 10.2. The zero-order valence-corrected chi connectivity index (χ0v) is 23.9. The summed E-state index contributed by atoms with van der Waals surface area (Å²) in [6.07, 6.45) is 5.27. The highest BCUT2D eigenvalue weighted by molar-refractivity contribution is 6.18. The Morgan fingerprint density at radius 1 is 1.02 bits per heavy atom. The summed E-state index contributed by atoms with van der Waals surface area (Å²) in [5, 5.41) is 15.1. The van der Waals surface area contributed by atoms with Gasteiger partial charge in [-0.2, -0.15) is 10.2 Å². The Morgan fingerprint density at radius 2 is 1.74 bits per heavy atom. The van der Waals surface area contributed by atoms with Gasteiger partial charge in [-0.15, -0.1) is 0 Å². The van der Waals surface area contributed by atoms with Gasteiger partial charge in [0.05, 0.1) is 30.2 Å². The summed E-state index contributed by atoms with van der Waals surface area (Å²) >= 11 is 0. The number of carbonyl (C=O) groups is 2. The second kappa shape index (κ2) is 13.1. The summed E-state index contributed by atoms with van der Waals surface area (Å²) in [5.74, 6) is -0.492. The van der Waals surface area contributed by atoms with Gasteiger partial charge in [0.2, 0.25) is 5.91 Å². The molecule has 0 aliphatic carbocycles. The Kier molecular flexibility index (Phi) is 8.86. The number of likely N-dealkylation sites (N-methyl/N-ethyl adjacent to an activating group) is 1. The van der Waals surface area contributed by atoms with Gasteiger partial charge in [0, 0.05) is 54.1 Å². The van der Waals surface area contributed by atoms with Crippen molar-refractivity contribution in [3.8, 4) is 11.3 Å². The number of hydrogen-bond acceptors (Lipinski definition) is 6. The van der Waals surface area contributed by atoms with E-state index in [2.05, 4.69) is 43.4 Å². The first kappa shape index (κ1) is 28.5. The van der Waals surface area contributed by atoms with Gasteiger partial charge in [-0.05, 0) is 37.4 Å². The van der Waals surface area contributed by atoms with Gasteiger partial charge in [-0.1, -0.05) is 60.7 Å². The molecule has 4 N–H and O–H groups in total. The first-order chi connectivity index (χ1) is 20.4. The summed E-state index contributed by atoms with van der Waals surface area (Å²) in [4.78, 5) is 30.7. The minimum atomic E-state index is -0.330. The lowest BCUT2D eigenvalue weighted by molar-refractivity contribution is -0.117. The van der Waals surface area contributed by atoms with E-state index in [4.69, 9.17) is 0 Å². The molecule has 2 amide bonds. The van der Waals surface area contributed by atoms with E-state index in [1.54, 1.807) is 23.2 Å². The van der Waals surface area contributed by atoms with Crippen molar-refractivity contribution in [2.24, 2.45) is 12.1 Å². The van der Waals surface area contributed by atoms with Crippen LogP contribution in [0.25, 0.3) is 22.2 Å². The predicted molar refractivity (Wildman–Crippen MR) is 166 cm³/mol. The molecule has 0 bridgehead atoms. The van der Waals surface area contributed by atoms with Gasteiger partial charge < -0.3 is 15.6 Å². The Bertz CT molecular complexity index is 1710. The molecule has 10 nitrogen and oxygen atoms in total. The van der Waals surface area contributed by atoms with Crippen LogP contribution in [0.4, 0.5) is 5.69 Å². The number of aromatic amines is 1. The molecule has 42 heavy (non-hydrogen) atoms. The number of anilines is 1. The second-order valence-corrected chi connectivity index (χ2v) is 10.2. The van der Waals surface area contributed by atoms with Crippen LogP contribution in [0.2, 0.25) is 0 Å². The number of nitrogens with one attached hydrogen (secondary N) is 4. The average molecular weight is 563 g/mol. The van der Waals surface area contributed by atoms with E-state index in [0.29, 0.717) is 17.8 Å². The van der Waals surface area contributed by atoms with E-state index in [-0.39, 0.29) is 18.4 Å². The monoisotopic (exact) mass is 562 g/mol. The number of amides is 2. The zero-order chi connectivity index (χ0) is 29.5. The minimum Gasteiger partial charge on any atom is -0.354 e. The van der Waals surface area contributed by atoms with E-state index in [9.17, 15) is 9.59 Å². The van der Waals surface area contributed by atoms with Crippen LogP contribution in [0.1, 0.15) is 27.0 Å². The van der Waals surface area contributed by atoms with Crippen LogP contribution < -0.4 is 16.1 Å². The van der Waals surface area contributed by atoms with Gasteiger partial charge in [-0.25, -0.2) is 5.43 Å². The first-order valence-corrected chi connectivity index (χ1v) is 13.6. The highest BCUT2D eigenvalue weighted by atomic mass is 16.2. The van der Waals surface area contributed by atoms with E-state index in [1.807, 2.05) is 86.8 Å². The van der Waals surface area contributed by atoms with Crippen LogP contribution in [-0.2, 0) is 24.9 Å². The maximum absolute atomic E-state index is 12.7. The SMILES string of the molecule is CN(CC(=O)Nc1cc2c3c(c(-c4cnn(C)c4)[nH]c3c1)C=NNC2=O)Cc1ccccc1.CNCc1ccccc1. The summed E-state index contributed by atoms with van der Waals surface area (Å²) in [7, 11) is 5.69. The Hall–Kier alpha value is -5.06. The number of carbonyl (C=O) groups excluding carboxylic acids is 2. The number of H-pyrrole nitrogens is 1. The lowest BCUT2D eigenvalue weighted by Gasteiger charge is -2.16. The molecular formula is C32H34N8O2. The summed E-state index contributed by atoms with van der Waals surface area (Å²) in [5.41, 5.74) is 9.21. The van der Waals surface area contributed by atoms with Crippen molar-refractivity contribution in [2.75, 3.05) is 26.0 Å². The number of hydrazone groups is 1. The normalized spacial score (nSPS) is 12.0. The van der Waals surface area contributed by atoms with Crippen LogP contribution in [0.15, 0.2) is 90.3 Å². The molecule has 0 fully saturated rings. The predicted octanol–water partition coefficient (Wildman–Crippen LogP) is 4.12. The van der Waals surface area contributed by atoms with Gasteiger partial charge in [0.25, 0.3) is 5.91 Å². The molecule has 2 aromatic heterocycles. The van der Waals surface area contributed by atoms with Crippen LogP contribution >= 0.6 is 0 Å². The molecule has 0 saturated heterocycles. The van der Waals surface area contributed by atoms with Gasteiger partial charge in [-0.3, -0.25) is 19.2 Å². The molecule has 0 unspecified atom stereocenters. The van der Waals surface area contributed by atoms with Crippen LogP contribution in [0, 0.1) is 0 Å².